The number of halogens is 1. The maximum atomic E-state index is 10.3. The van der Waals surface area contributed by atoms with Crippen LogP contribution in [0.15, 0.2) is 22.9 Å². The summed E-state index contributed by atoms with van der Waals surface area (Å²) in [5.41, 5.74) is 0. The van der Waals surface area contributed by atoms with Crippen LogP contribution in [-0.4, -0.2) is 40.5 Å². The minimum absolute atomic E-state index is 0.0426. The number of aliphatic hydroxyl groups excluding tert-OH is 1. The van der Waals surface area contributed by atoms with Crippen LogP contribution in [0.3, 0.4) is 0 Å². The van der Waals surface area contributed by atoms with Crippen LogP contribution >= 0.6 is 15.9 Å². The fourth-order valence-corrected chi connectivity index (χ4v) is 1.33. The third-order valence-electron chi connectivity index (χ3n) is 1.68. The molecule has 7 heteroatoms. The van der Waals surface area contributed by atoms with Crippen LogP contribution in [0.1, 0.15) is 0 Å². The van der Waals surface area contributed by atoms with Gasteiger partial charge in [0.1, 0.15) is 12.4 Å². The molecule has 0 aliphatic heterocycles. The molecule has 1 rings (SSSR count). The van der Waals surface area contributed by atoms with Crippen molar-refractivity contribution in [1.82, 2.24) is 10.3 Å². The minimum Gasteiger partial charge on any atom is -0.490 e. The number of carboxylic acid groups (broad SMARTS) is 1. The lowest BCUT2D eigenvalue weighted by molar-refractivity contribution is 0.156. The molecule has 3 N–H and O–H groups in total. The molecule has 1 aromatic heterocycles. The van der Waals surface area contributed by atoms with Gasteiger partial charge >= 0.3 is 6.09 Å². The molecule has 1 atom stereocenters. The number of hydrogen-bond donors (Lipinski definition) is 3. The number of pyridine rings is 1. The monoisotopic (exact) mass is 290 g/mol. The molecular formula is C9H11BrN2O4. The van der Waals surface area contributed by atoms with Crippen molar-refractivity contribution in [2.75, 3.05) is 13.2 Å². The second-order valence-electron chi connectivity index (χ2n) is 2.98. The van der Waals surface area contributed by atoms with E-state index < -0.39 is 12.1 Å². The van der Waals surface area contributed by atoms with Crippen molar-refractivity contribution >= 4 is 22.0 Å². The van der Waals surface area contributed by atoms with Crippen LogP contribution in [0.5, 0.6) is 5.75 Å². The summed E-state index contributed by atoms with van der Waals surface area (Å²) in [6, 6.07) is 1.04. The number of carbonyl (C=O) groups is 1. The summed E-state index contributed by atoms with van der Waals surface area (Å²) in [5, 5.41) is 19.5. The largest absolute Gasteiger partial charge is 0.490 e. The van der Waals surface area contributed by atoms with Gasteiger partial charge in [-0.1, -0.05) is 0 Å². The highest BCUT2D eigenvalue weighted by atomic mass is 79.9. The molecule has 0 aliphatic rings. The van der Waals surface area contributed by atoms with E-state index >= 15 is 0 Å². The third kappa shape index (κ3) is 4.45. The van der Waals surface area contributed by atoms with E-state index in [2.05, 4.69) is 26.2 Å². The first-order valence-corrected chi connectivity index (χ1v) is 5.25. The van der Waals surface area contributed by atoms with E-state index in [0.717, 1.165) is 4.47 Å². The molecule has 0 saturated heterocycles. The molecular weight excluding hydrogens is 280 g/mol. The van der Waals surface area contributed by atoms with Crippen LogP contribution in [0.2, 0.25) is 0 Å². The Labute approximate surface area is 100 Å². The van der Waals surface area contributed by atoms with Crippen molar-refractivity contribution in [2.45, 2.75) is 6.04 Å². The van der Waals surface area contributed by atoms with E-state index in [0.29, 0.717) is 5.75 Å². The number of hydrogen-bond acceptors (Lipinski definition) is 4. The van der Waals surface area contributed by atoms with Crippen molar-refractivity contribution in [3.05, 3.63) is 22.9 Å². The smallest absolute Gasteiger partial charge is 0.405 e. The minimum atomic E-state index is -1.20. The first kappa shape index (κ1) is 12.7. The number of rotatable bonds is 5. The highest BCUT2D eigenvalue weighted by Gasteiger charge is 2.10. The SMILES string of the molecule is O=C(O)NC(CO)COc1cncc(Br)c1. The summed E-state index contributed by atoms with van der Waals surface area (Å²) < 4.78 is 6.02. The van der Waals surface area contributed by atoms with Crippen LogP contribution in [0.4, 0.5) is 4.79 Å². The zero-order valence-corrected chi connectivity index (χ0v) is 9.85. The Balaban J connectivity index is 2.46. The molecule has 0 fully saturated rings. The maximum Gasteiger partial charge on any atom is 0.405 e. The Morgan fingerprint density at radius 3 is 2.94 bits per heavy atom. The summed E-state index contributed by atoms with van der Waals surface area (Å²) in [5.74, 6) is 0.500. The number of amides is 1. The Morgan fingerprint density at radius 1 is 1.62 bits per heavy atom. The van der Waals surface area contributed by atoms with Crippen LogP contribution in [-0.2, 0) is 0 Å². The summed E-state index contributed by atoms with van der Waals surface area (Å²) in [7, 11) is 0. The summed E-state index contributed by atoms with van der Waals surface area (Å²) in [6.45, 7) is -0.283. The zero-order valence-electron chi connectivity index (χ0n) is 8.26. The molecule has 88 valence electrons. The zero-order chi connectivity index (χ0) is 12.0. The van der Waals surface area contributed by atoms with E-state index in [1.54, 1.807) is 12.3 Å². The Bertz CT molecular complexity index is 361. The molecule has 0 saturated carbocycles. The summed E-state index contributed by atoms with van der Waals surface area (Å²) >= 11 is 3.22. The van der Waals surface area contributed by atoms with Gasteiger partial charge in [0, 0.05) is 10.7 Å². The van der Waals surface area contributed by atoms with Gasteiger partial charge in [0.15, 0.2) is 0 Å². The van der Waals surface area contributed by atoms with Crippen LogP contribution in [0, 0.1) is 0 Å². The normalized spacial score (nSPS) is 11.9. The molecule has 1 aromatic rings. The van der Waals surface area contributed by atoms with Crippen LogP contribution in [0.25, 0.3) is 0 Å². The molecule has 0 aliphatic carbocycles. The molecule has 6 nitrogen and oxygen atoms in total. The Kier molecular flexibility index (Phi) is 5.00. The maximum absolute atomic E-state index is 10.3. The van der Waals surface area contributed by atoms with E-state index in [1.807, 2.05) is 0 Å². The highest BCUT2D eigenvalue weighted by molar-refractivity contribution is 9.10. The second kappa shape index (κ2) is 6.29. The van der Waals surface area contributed by atoms with Gasteiger partial charge < -0.3 is 20.3 Å². The fraction of sp³-hybridized carbons (Fsp3) is 0.333. The van der Waals surface area contributed by atoms with Gasteiger partial charge in [0.2, 0.25) is 0 Å². The number of nitrogens with one attached hydrogen (secondary N) is 1. The lowest BCUT2D eigenvalue weighted by atomic mass is 10.3. The number of aromatic nitrogens is 1. The van der Waals surface area contributed by atoms with Gasteiger partial charge in [-0.25, -0.2) is 4.79 Å². The van der Waals surface area contributed by atoms with Crippen molar-refractivity contribution in [3.63, 3.8) is 0 Å². The number of nitrogens with zero attached hydrogens (tertiary/aromatic N) is 1. The predicted molar refractivity (Wildman–Crippen MR) is 59.5 cm³/mol. The molecule has 1 unspecified atom stereocenters. The molecule has 0 bridgehead atoms. The quantitative estimate of drug-likeness (QED) is 0.748. The van der Waals surface area contributed by atoms with Crippen LogP contribution < -0.4 is 10.1 Å². The van der Waals surface area contributed by atoms with Gasteiger partial charge in [-0.15, -0.1) is 0 Å². The molecule has 0 spiro atoms. The van der Waals surface area contributed by atoms with Crippen molar-refractivity contribution < 1.29 is 19.7 Å². The van der Waals surface area contributed by atoms with Crippen molar-refractivity contribution in [1.29, 1.82) is 0 Å². The second-order valence-corrected chi connectivity index (χ2v) is 3.89. The molecule has 16 heavy (non-hydrogen) atoms. The summed E-state index contributed by atoms with van der Waals surface area (Å²) in [4.78, 5) is 14.2. The van der Waals surface area contributed by atoms with Gasteiger partial charge in [-0.2, -0.15) is 0 Å². The average Bonchev–Trinajstić information content (AvgIpc) is 2.24. The molecule has 0 aromatic carbocycles. The molecule has 0 radical (unpaired) electrons. The Hall–Kier alpha value is -1.34. The van der Waals surface area contributed by atoms with Crippen molar-refractivity contribution in [3.8, 4) is 5.75 Å². The summed E-state index contributed by atoms with van der Waals surface area (Å²) in [6.07, 6.45) is 1.90. The fourth-order valence-electron chi connectivity index (χ4n) is 0.983. The third-order valence-corrected chi connectivity index (χ3v) is 2.11. The van der Waals surface area contributed by atoms with Gasteiger partial charge in [0.25, 0.3) is 0 Å². The first-order valence-electron chi connectivity index (χ1n) is 4.45. The van der Waals surface area contributed by atoms with E-state index in [4.69, 9.17) is 14.9 Å². The van der Waals surface area contributed by atoms with E-state index in [1.165, 1.54) is 6.20 Å². The molecule has 1 heterocycles. The lowest BCUT2D eigenvalue weighted by Gasteiger charge is -2.14. The highest BCUT2D eigenvalue weighted by Crippen LogP contribution is 2.15. The van der Waals surface area contributed by atoms with E-state index in [9.17, 15) is 4.79 Å². The Morgan fingerprint density at radius 2 is 2.38 bits per heavy atom. The topological polar surface area (TPSA) is 91.7 Å². The number of aliphatic hydroxyl groups is 1. The van der Waals surface area contributed by atoms with Gasteiger partial charge in [-0.3, -0.25) is 4.98 Å². The van der Waals surface area contributed by atoms with Gasteiger partial charge in [-0.05, 0) is 22.0 Å². The van der Waals surface area contributed by atoms with Crippen molar-refractivity contribution in [2.24, 2.45) is 0 Å². The average molecular weight is 291 g/mol. The predicted octanol–water partition coefficient (Wildman–Crippen LogP) is 0.851. The molecule has 1 amide bonds. The lowest BCUT2D eigenvalue weighted by Crippen LogP contribution is -2.40. The van der Waals surface area contributed by atoms with Gasteiger partial charge in [0.05, 0.1) is 18.8 Å². The van der Waals surface area contributed by atoms with E-state index in [-0.39, 0.29) is 13.2 Å². The first-order chi connectivity index (χ1) is 7.61. The number of ether oxygens (including phenoxy) is 1. The standard InChI is InChI=1S/C9H11BrN2O4/c10-6-1-8(3-11-2-6)16-5-7(4-13)12-9(14)15/h1-3,7,12-13H,4-5H2,(H,14,15).